The van der Waals surface area contributed by atoms with Crippen LogP contribution in [0.2, 0.25) is 0 Å². The number of aryl methyl sites for hydroxylation is 1. The Labute approximate surface area is 122 Å². The topological polar surface area (TPSA) is 44.5 Å². The highest BCUT2D eigenvalue weighted by atomic mass is 16.5. The van der Waals surface area contributed by atoms with E-state index in [1.165, 1.54) is 31.2 Å². The van der Waals surface area contributed by atoms with Crippen LogP contribution in [0.3, 0.4) is 0 Å². The van der Waals surface area contributed by atoms with Gasteiger partial charge in [0.2, 0.25) is 0 Å². The minimum atomic E-state index is -0.121. The lowest BCUT2D eigenvalue weighted by Crippen LogP contribution is -2.26. The van der Waals surface area contributed by atoms with Gasteiger partial charge in [0.25, 0.3) is 0 Å². The predicted octanol–water partition coefficient (Wildman–Crippen LogP) is 3.60. The number of methoxy groups -OCH3 is 1. The van der Waals surface area contributed by atoms with E-state index in [9.17, 15) is 0 Å². The highest BCUT2D eigenvalue weighted by molar-refractivity contribution is 5.39. The summed E-state index contributed by atoms with van der Waals surface area (Å²) in [5, 5.41) is 0. The Hall–Kier alpha value is -1.06. The van der Waals surface area contributed by atoms with Gasteiger partial charge in [-0.05, 0) is 44.6 Å². The summed E-state index contributed by atoms with van der Waals surface area (Å²) in [5.74, 6) is 1.70. The number of nitrogens with two attached hydrogens (primary N) is 1. The van der Waals surface area contributed by atoms with Crippen LogP contribution in [0.1, 0.15) is 49.8 Å². The van der Waals surface area contributed by atoms with Gasteiger partial charge in [0.05, 0.1) is 25.9 Å². The minimum Gasteiger partial charge on any atom is -0.496 e. The maximum atomic E-state index is 6.28. The van der Waals surface area contributed by atoms with Crippen molar-refractivity contribution in [3.8, 4) is 5.75 Å². The third-order valence-corrected chi connectivity index (χ3v) is 4.26. The molecule has 0 aromatic heterocycles. The van der Waals surface area contributed by atoms with E-state index in [1.807, 2.05) is 12.1 Å². The van der Waals surface area contributed by atoms with Gasteiger partial charge in [-0.2, -0.15) is 0 Å². The lowest BCUT2D eigenvalue weighted by Gasteiger charge is -2.27. The van der Waals surface area contributed by atoms with Crippen molar-refractivity contribution in [3.05, 3.63) is 29.3 Å². The average molecular weight is 277 g/mol. The normalized spacial score (nSPS) is 24.4. The lowest BCUT2D eigenvalue weighted by atomic mass is 9.89. The van der Waals surface area contributed by atoms with Crippen molar-refractivity contribution in [2.75, 3.05) is 13.7 Å². The lowest BCUT2D eigenvalue weighted by molar-refractivity contribution is 0.0123. The molecule has 3 heteroatoms. The zero-order valence-corrected chi connectivity index (χ0v) is 12.9. The van der Waals surface area contributed by atoms with Crippen molar-refractivity contribution < 1.29 is 9.47 Å². The van der Waals surface area contributed by atoms with E-state index in [2.05, 4.69) is 19.9 Å². The Bertz CT molecular complexity index is 425. The molecule has 0 aliphatic heterocycles. The second-order valence-electron chi connectivity index (χ2n) is 6.07. The second kappa shape index (κ2) is 7.09. The fraction of sp³-hybridized carbons (Fsp3) is 0.647. The van der Waals surface area contributed by atoms with Crippen LogP contribution in [0.25, 0.3) is 0 Å². The van der Waals surface area contributed by atoms with Crippen LogP contribution in [-0.2, 0) is 4.74 Å². The third kappa shape index (κ3) is 3.97. The van der Waals surface area contributed by atoms with Crippen molar-refractivity contribution in [2.45, 2.75) is 51.7 Å². The van der Waals surface area contributed by atoms with E-state index in [1.54, 1.807) is 7.11 Å². The molecule has 0 heterocycles. The average Bonchev–Trinajstić information content (AvgIpc) is 2.46. The fourth-order valence-electron chi connectivity index (χ4n) is 2.87. The van der Waals surface area contributed by atoms with Gasteiger partial charge in [-0.25, -0.2) is 0 Å². The molecule has 1 aromatic carbocycles. The molecule has 0 amide bonds. The molecule has 0 bridgehead atoms. The molecular weight excluding hydrogens is 250 g/mol. The standard InChI is InChI=1S/C17H27NO2/c1-12-4-7-14(8-5-12)20-11-16(18)15-10-13(2)6-9-17(15)19-3/h6,9-10,12,14,16H,4-5,7-8,11,18H2,1-3H3. The predicted molar refractivity (Wildman–Crippen MR) is 82.0 cm³/mol. The van der Waals surface area contributed by atoms with Crippen LogP contribution in [0.4, 0.5) is 0 Å². The van der Waals surface area contributed by atoms with Crippen LogP contribution in [-0.4, -0.2) is 19.8 Å². The van der Waals surface area contributed by atoms with Gasteiger partial charge in [0.1, 0.15) is 5.75 Å². The summed E-state index contributed by atoms with van der Waals surface area (Å²) in [6, 6.07) is 5.99. The SMILES string of the molecule is COc1ccc(C)cc1C(N)COC1CCC(C)CC1. The first kappa shape index (κ1) is 15.3. The highest BCUT2D eigenvalue weighted by Crippen LogP contribution is 2.28. The van der Waals surface area contributed by atoms with E-state index < -0.39 is 0 Å². The molecule has 1 fully saturated rings. The Morgan fingerprint density at radius 1 is 1.25 bits per heavy atom. The molecule has 2 N–H and O–H groups in total. The van der Waals surface area contributed by atoms with Gasteiger partial charge < -0.3 is 15.2 Å². The molecule has 1 atom stereocenters. The Kier molecular flexibility index (Phi) is 5.44. The summed E-state index contributed by atoms with van der Waals surface area (Å²) >= 11 is 0. The third-order valence-electron chi connectivity index (χ3n) is 4.26. The molecule has 20 heavy (non-hydrogen) atoms. The highest BCUT2D eigenvalue weighted by Gasteiger charge is 2.20. The number of hydrogen-bond acceptors (Lipinski definition) is 3. The number of hydrogen-bond donors (Lipinski definition) is 1. The number of benzene rings is 1. The van der Waals surface area contributed by atoms with Crippen LogP contribution in [0, 0.1) is 12.8 Å². The van der Waals surface area contributed by atoms with Crippen LogP contribution in [0.15, 0.2) is 18.2 Å². The molecule has 1 aliphatic carbocycles. The first-order valence-electron chi connectivity index (χ1n) is 7.62. The van der Waals surface area contributed by atoms with Gasteiger partial charge in [0.15, 0.2) is 0 Å². The smallest absolute Gasteiger partial charge is 0.123 e. The van der Waals surface area contributed by atoms with Crippen molar-refractivity contribution in [3.63, 3.8) is 0 Å². The monoisotopic (exact) mass is 277 g/mol. The van der Waals surface area contributed by atoms with Crippen molar-refractivity contribution in [1.82, 2.24) is 0 Å². The Morgan fingerprint density at radius 3 is 2.60 bits per heavy atom. The van der Waals surface area contributed by atoms with E-state index >= 15 is 0 Å². The fourth-order valence-corrected chi connectivity index (χ4v) is 2.87. The zero-order valence-electron chi connectivity index (χ0n) is 12.9. The van der Waals surface area contributed by atoms with Crippen LogP contribution < -0.4 is 10.5 Å². The second-order valence-corrected chi connectivity index (χ2v) is 6.07. The van der Waals surface area contributed by atoms with E-state index in [0.29, 0.717) is 12.7 Å². The molecule has 0 saturated heterocycles. The number of rotatable bonds is 5. The van der Waals surface area contributed by atoms with Gasteiger partial charge in [-0.3, -0.25) is 0 Å². The molecule has 1 unspecified atom stereocenters. The van der Waals surface area contributed by atoms with Crippen LogP contribution in [0.5, 0.6) is 5.75 Å². The molecule has 1 aliphatic rings. The summed E-state index contributed by atoms with van der Waals surface area (Å²) in [6.07, 6.45) is 5.26. The van der Waals surface area contributed by atoms with Crippen molar-refractivity contribution >= 4 is 0 Å². The van der Waals surface area contributed by atoms with E-state index in [4.69, 9.17) is 15.2 Å². The Morgan fingerprint density at radius 2 is 1.95 bits per heavy atom. The molecule has 0 spiro atoms. The summed E-state index contributed by atoms with van der Waals surface area (Å²) < 4.78 is 11.4. The maximum absolute atomic E-state index is 6.28. The van der Waals surface area contributed by atoms with E-state index in [-0.39, 0.29) is 6.04 Å². The van der Waals surface area contributed by atoms with Gasteiger partial charge in [-0.15, -0.1) is 0 Å². The summed E-state index contributed by atoms with van der Waals surface area (Å²) in [4.78, 5) is 0. The van der Waals surface area contributed by atoms with Crippen LogP contribution >= 0.6 is 0 Å². The maximum Gasteiger partial charge on any atom is 0.123 e. The first-order valence-corrected chi connectivity index (χ1v) is 7.62. The zero-order chi connectivity index (χ0) is 14.5. The molecule has 112 valence electrons. The summed E-state index contributed by atoms with van der Waals surface area (Å²) in [7, 11) is 1.68. The molecule has 0 radical (unpaired) electrons. The largest absolute Gasteiger partial charge is 0.496 e. The minimum absolute atomic E-state index is 0.121. The van der Waals surface area contributed by atoms with Crippen molar-refractivity contribution in [1.29, 1.82) is 0 Å². The van der Waals surface area contributed by atoms with Gasteiger partial charge in [0, 0.05) is 5.56 Å². The molecular formula is C17H27NO2. The summed E-state index contributed by atoms with van der Waals surface area (Å²) in [6.45, 7) is 4.96. The number of ether oxygens (including phenoxy) is 2. The van der Waals surface area contributed by atoms with Gasteiger partial charge >= 0.3 is 0 Å². The van der Waals surface area contributed by atoms with Crippen molar-refractivity contribution in [2.24, 2.45) is 11.7 Å². The summed E-state index contributed by atoms with van der Waals surface area (Å²) in [5.41, 5.74) is 8.52. The Balaban J connectivity index is 1.91. The van der Waals surface area contributed by atoms with Gasteiger partial charge in [-0.1, -0.05) is 24.6 Å². The van der Waals surface area contributed by atoms with E-state index in [0.717, 1.165) is 17.2 Å². The quantitative estimate of drug-likeness (QED) is 0.894. The molecule has 2 rings (SSSR count). The molecule has 1 saturated carbocycles. The molecule has 3 nitrogen and oxygen atoms in total. The first-order chi connectivity index (χ1) is 9.60. The molecule has 1 aromatic rings.